The van der Waals surface area contributed by atoms with Gasteiger partial charge >= 0.3 is 0 Å². The highest BCUT2D eigenvalue weighted by atomic mass is 16.5. The molecule has 1 atom stereocenters. The third kappa shape index (κ3) is 3.38. The summed E-state index contributed by atoms with van der Waals surface area (Å²) in [5.74, 6) is 1.16. The fraction of sp³-hybridized carbons (Fsp3) is 0.500. The van der Waals surface area contributed by atoms with Crippen LogP contribution in [0, 0.1) is 5.92 Å². The number of benzene rings is 1. The molecule has 19 heavy (non-hydrogen) atoms. The molecule has 5 nitrogen and oxygen atoms in total. The Balaban J connectivity index is 2.08. The number of hydrogen-bond donors (Lipinski definition) is 2. The van der Waals surface area contributed by atoms with Crippen molar-refractivity contribution in [2.24, 2.45) is 11.7 Å². The summed E-state index contributed by atoms with van der Waals surface area (Å²) in [7, 11) is 2.04. The minimum Gasteiger partial charge on any atom is -0.482 e. The van der Waals surface area contributed by atoms with Gasteiger partial charge in [0.15, 0.2) is 6.61 Å². The Hall–Kier alpha value is -1.75. The van der Waals surface area contributed by atoms with Crippen molar-refractivity contribution in [3.63, 3.8) is 0 Å². The number of nitrogens with one attached hydrogen (secondary N) is 1. The van der Waals surface area contributed by atoms with Crippen molar-refractivity contribution in [1.29, 1.82) is 0 Å². The second kappa shape index (κ2) is 5.93. The first kappa shape index (κ1) is 13.7. The fourth-order valence-corrected chi connectivity index (χ4v) is 2.26. The van der Waals surface area contributed by atoms with E-state index in [2.05, 4.69) is 17.1 Å². The van der Waals surface area contributed by atoms with Gasteiger partial charge in [0.25, 0.3) is 5.91 Å². The second-order valence-electron chi connectivity index (χ2n) is 5.08. The van der Waals surface area contributed by atoms with E-state index in [1.807, 2.05) is 25.2 Å². The molecule has 0 aromatic heterocycles. The van der Waals surface area contributed by atoms with Crippen molar-refractivity contribution in [2.75, 3.05) is 37.0 Å². The monoisotopic (exact) mass is 263 g/mol. The van der Waals surface area contributed by atoms with Gasteiger partial charge in [-0.3, -0.25) is 4.79 Å². The van der Waals surface area contributed by atoms with Gasteiger partial charge in [0.1, 0.15) is 5.75 Å². The minimum absolute atomic E-state index is 0.0930. The first-order valence-corrected chi connectivity index (χ1v) is 6.58. The van der Waals surface area contributed by atoms with Crippen LogP contribution in [0.25, 0.3) is 0 Å². The van der Waals surface area contributed by atoms with E-state index < -0.39 is 0 Å². The number of carbonyl (C=O) groups excluding carboxylic acids is 1. The molecule has 0 saturated heterocycles. The summed E-state index contributed by atoms with van der Waals surface area (Å²) in [6.07, 6.45) is 1.01. The van der Waals surface area contributed by atoms with Crippen molar-refractivity contribution < 1.29 is 9.53 Å². The Morgan fingerprint density at radius 2 is 2.32 bits per heavy atom. The maximum absolute atomic E-state index is 11.3. The maximum Gasteiger partial charge on any atom is 0.262 e. The van der Waals surface area contributed by atoms with Crippen LogP contribution in [0.15, 0.2) is 18.2 Å². The van der Waals surface area contributed by atoms with E-state index in [-0.39, 0.29) is 12.5 Å². The summed E-state index contributed by atoms with van der Waals surface area (Å²) in [4.78, 5) is 13.5. The molecule has 0 fully saturated rings. The molecule has 2 rings (SSSR count). The Bertz CT molecular complexity index is 462. The van der Waals surface area contributed by atoms with Gasteiger partial charge < -0.3 is 20.7 Å². The van der Waals surface area contributed by atoms with Crippen LogP contribution >= 0.6 is 0 Å². The molecule has 0 spiro atoms. The quantitative estimate of drug-likeness (QED) is 0.843. The number of rotatable bonds is 5. The fourth-order valence-electron chi connectivity index (χ4n) is 2.26. The predicted octanol–water partition coefficient (Wildman–Crippen LogP) is 1.44. The molecule has 0 radical (unpaired) electrons. The van der Waals surface area contributed by atoms with Gasteiger partial charge in [-0.05, 0) is 37.1 Å². The van der Waals surface area contributed by atoms with Crippen molar-refractivity contribution in [3.8, 4) is 5.75 Å². The Labute approximate surface area is 113 Å². The van der Waals surface area contributed by atoms with Gasteiger partial charge in [0, 0.05) is 19.3 Å². The number of fused-ring (bicyclic) bond motifs is 1. The smallest absolute Gasteiger partial charge is 0.262 e. The third-order valence-electron chi connectivity index (χ3n) is 3.28. The zero-order chi connectivity index (χ0) is 13.8. The molecule has 1 amide bonds. The van der Waals surface area contributed by atoms with Gasteiger partial charge in [-0.15, -0.1) is 0 Å². The highest BCUT2D eigenvalue weighted by molar-refractivity contribution is 5.96. The van der Waals surface area contributed by atoms with Crippen LogP contribution < -0.4 is 20.7 Å². The molecule has 1 heterocycles. The molecule has 1 aromatic rings. The minimum atomic E-state index is -0.108. The van der Waals surface area contributed by atoms with Crippen molar-refractivity contribution >= 4 is 17.3 Å². The Morgan fingerprint density at radius 3 is 3.05 bits per heavy atom. The lowest BCUT2D eigenvalue weighted by Crippen LogP contribution is -2.27. The van der Waals surface area contributed by atoms with E-state index in [1.54, 1.807) is 0 Å². The first-order chi connectivity index (χ1) is 9.10. The first-order valence-electron chi connectivity index (χ1n) is 6.58. The molecule has 1 aromatic carbocycles. The van der Waals surface area contributed by atoms with E-state index >= 15 is 0 Å². The van der Waals surface area contributed by atoms with E-state index in [9.17, 15) is 4.79 Å². The molecule has 0 saturated carbocycles. The van der Waals surface area contributed by atoms with Gasteiger partial charge in [-0.25, -0.2) is 0 Å². The number of carbonyl (C=O) groups is 1. The largest absolute Gasteiger partial charge is 0.482 e. The molecule has 5 heteroatoms. The van der Waals surface area contributed by atoms with Crippen LogP contribution in [-0.4, -0.2) is 32.7 Å². The van der Waals surface area contributed by atoms with Crippen molar-refractivity contribution in [3.05, 3.63) is 18.2 Å². The van der Waals surface area contributed by atoms with Gasteiger partial charge in [0.2, 0.25) is 0 Å². The molecule has 1 unspecified atom stereocenters. The summed E-state index contributed by atoms with van der Waals surface area (Å²) in [6.45, 7) is 3.93. The molecule has 1 aliphatic heterocycles. The highest BCUT2D eigenvalue weighted by Gasteiger charge is 2.17. The summed E-state index contributed by atoms with van der Waals surface area (Å²) < 4.78 is 5.34. The summed E-state index contributed by atoms with van der Waals surface area (Å²) >= 11 is 0. The van der Waals surface area contributed by atoms with Crippen LogP contribution in [0.3, 0.4) is 0 Å². The maximum atomic E-state index is 11.3. The highest BCUT2D eigenvalue weighted by Crippen LogP contribution is 2.31. The van der Waals surface area contributed by atoms with Crippen LogP contribution in [0.2, 0.25) is 0 Å². The van der Waals surface area contributed by atoms with Gasteiger partial charge in [-0.1, -0.05) is 6.92 Å². The number of hydrogen-bond acceptors (Lipinski definition) is 4. The zero-order valence-electron chi connectivity index (χ0n) is 11.5. The Kier molecular flexibility index (Phi) is 4.27. The molecular weight excluding hydrogens is 242 g/mol. The molecule has 104 valence electrons. The number of nitrogens with two attached hydrogens (primary N) is 1. The third-order valence-corrected chi connectivity index (χ3v) is 3.28. The number of nitrogens with zero attached hydrogens (tertiary/aromatic N) is 1. The van der Waals surface area contributed by atoms with Gasteiger partial charge in [-0.2, -0.15) is 0 Å². The van der Waals surface area contributed by atoms with Crippen molar-refractivity contribution in [1.82, 2.24) is 0 Å². The summed E-state index contributed by atoms with van der Waals surface area (Å²) in [5.41, 5.74) is 7.37. The van der Waals surface area contributed by atoms with Crippen LogP contribution in [0.1, 0.15) is 13.3 Å². The SMILES string of the molecule is CC(CCN)CN(C)c1ccc2c(c1)NC(=O)CO2. The zero-order valence-corrected chi connectivity index (χ0v) is 11.5. The Morgan fingerprint density at radius 1 is 1.53 bits per heavy atom. The lowest BCUT2D eigenvalue weighted by molar-refractivity contribution is -0.118. The molecule has 0 aliphatic carbocycles. The van der Waals surface area contributed by atoms with E-state index in [4.69, 9.17) is 10.5 Å². The van der Waals surface area contributed by atoms with Crippen LogP contribution in [0.5, 0.6) is 5.75 Å². The van der Waals surface area contributed by atoms with E-state index in [0.29, 0.717) is 12.5 Å². The van der Waals surface area contributed by atoms with Crippen LogP contribution in [-0.2, 0) is 4.79 Å². The number of amides is 1. The second-order valence-corrected chi connectivity index (χ2v) is 5.08. The average Bonchev–Trinajstić information content (AvgIpc) is 2.38. The van der Waals surface area contributed by atoms with Crippen LogP contribution in [0.4, 0.5) is 11.4 Å². The van der Waals surface area contributed by atoms with E-state index in [0.717, 1.165) is 30.1 Å². The number of ether oxygens (including phenoxy) is 1. The van der Waals surface area contributed by atoms with E-state index in [1.165, 1.54) is 0 Å². The average molecular weight is 263 g/mol. The molecule has 3 N–H and O–H groups in total. The topological polar surface area (TPSA) is 67.6 Å². The lowest BCUT2D eigenvalue weighted by atomic mass is 10.1. The van der Waals surface area contributed by atoms with Gasteiger partial charge in [0.05, 0.1) is 5.69 Å². The van der Waals surface area contributed by atoms with Crippen molar-refractivity contribution in [2.45, 2.75) is 13.3 Å². The normalized spacial score (nSPS) is 15.2. The standard InChI is InChI=1S/C14H21N3O2/c1-10(5-6-15)8-17(2)11-3-4-13-12(7-11)16-14(18)9-19-13/h3-4,7,10H,5-6,8-9,15H2,1-2H3,(H,16,18). The number of anilines is 2. The summed E-state index contributed by atoms with van der Waals surface area (Å²) in [6, 6.07) is 5.85. The summed E-state index contributed by atoms with van der Waals surface area (Å²) in [5, 5.41) is 2.82. The molecular formula is C14H21N3O2. The molecule has 0 bridgehead atoms. The predicted molar refractivity (Wildman–Crippen MR) is 76.7 cm³/mol. The molecule has 1 aliphatic rings. The lowest BCUT2D eigenvalue weighted by Gasteiger charge is -2.25.